The Kier molecular flexibility index (Phi) is 2.60. The van der Waals surface area contributed by atoms with Gasteiger partial charge in [-0.25, -0.2) is 4.39 Å². The molecule has 0 heterocycles. The van der Waals surface area contributed by atoms with E-state index in [0.29, 0.717) is 11.1 Å². The predicted molar refractivity (Wildman–Crippen MR) is 51.8 cm³/mol. The molecule has 0 aliphatic rings. The summed E-state index contributed by atoms with van der Waals surface area (Å²) < 4.78 is 13.2. The van der Waals surface area contributed by atoms with Crippen molar-refractivity contribution in [2.75, 3.05) is 0 Å². The molecule has 0 bridgehead atoms. The fourth-order valence-corrected chi connectivity index (χ4v) is 1.40. The third-order valence-electron chi connectivity index (χ3n) is 2.48. The summed E-state index contributed by atoms with van der Waals surface area (Å²) in [6, 6.07) is 4.51. The zero-order valence-electron chi connectivity index (χ0n) is 8.47. The summed E-state index contributed by atoms with van der Waals surface area (Å²) in [5.41, 5.74) is -0.128. The van der Waals surface area contributed by atoms with E-state index < -0.39 is 11.4 Å². The molecule has 1 N–H and O–H groups in total. The minimum atomic E-state index is -1.05. The van der Waals surface area contributed by atoms with Gasteiger partial charge in [0.2, 0.25) is 0 Å². The van der Waals surface area contributed by atoms with Crippen LogP contribution >= 0.6 is 0 Å². The van der Waals surface area contributed by atoms with Gasteiger partial charge in [-0.05, 0) is 38.0 Å². The second-order valence-electron chi connectivity index (χ2n) is 3.84. The number of carboxylic acids is 1. The van der Waals surface area contributed by atoms with Gasteiger partial charge in [0, 0.05) is 0 Å². The maximum atomic E-state index is 13.2. The lowest BCUT2D eigenvalue weighted by atomic mass is 9.82. The first-order chi connectivity index (χ1) is 6.37. The molecule has 14 heavy (non-hydrogen) atoms. The number of hydrogen-bond acceptors (Lipinski definition) is 1. The van der Waals surface area contributed by atoms with E-state index in [1.165, 1.54) is 12.1 Å². The highest BCUT2D eigenvalue weighted by Crippen LogP contribution is 2.27. The van der Waals surface area contributed by atoms with Gasteiger partial charge in [-0.3, -0.25) is 4.79 Å². The van der Waals surface area contributed by atoms with Crippen LogP contribution in [0.2, 0.25) is 0 Å². The molecular weight excluding hydrogens is 183 g/mol. The largest absolute Gasteiger partial charge is 0.481 e. The van der Waals surface area contributed by atoms with E-state index in [-0.39, 0.29) is 5.82 Å². The molecule has 3 heteroatoms. The van der Waals surface area contributed by atoms with Crippen LogP contribution in [0.4, 0.5) is 4.39 Å². The summed E-state index contributed by atoms with van der Waals surface area (Å²) in [6.07, 6.45) is 0. The summed E-state index contributed by atoms with van der Waals surface area (Å²) in [6.45, 7) is 4.73. The van der Waals surface area contributed by atoms with E-state index in [4.69, 9.17) is 5.11 Å². The van der Waals surface area contributed by atoms with Gasteiger partial charge in [-0.2, -0.15) is 0 Å². The standard InChI is InChI=1S/C11H13FO2/c1-7-8(5-4-6-9(7)12)11(2,3)10(13)14/h4-6H,1-3H3,(H,13,14). The fraction of sp³-hybridized carbons (Fsp3) is 0.364. The lowest BCUT2D eigenvalue weighted by Crippen LogP contribution is -2.29. The first-order valence-corrected chi connectivity index (χ1v) is 4.36. The van der Waals surface area contributed by atoms with Crippen molar-refractivity contribution in [1.29, 1.82) is 0 Å². The van der Waals surface area contributed by atoms with Gasteiger partial charge in [0.25, 0.3) is 0 Å². The second-order valence-corrected chi connectivity index (χ2v) is 3.84. The predicted octanol–water partition coefficient (Wildman–Crippen LogP) is 2.50. The van der Waals surface area contributed by atoms with Crippen LogP contribution in [-0.2, 0) is 10.2 Å². The smallest absolute Gasteiger partial charge is 0.313 e. The van der Waals surface area contributed by atoms with E-state index in [1.807, 2.05) is 0 Å². The van der Waals surface area contributed by atoms with Crippen molar-refractivity contribution >= 4 is 5.97 Å². The monoisotopic (exact) mass is 196 g/mol. The molecule has 1 aromatic carbocycles. The third-order valence-corrected chi connectivity index (χ3v) is 2.48. The topological polar surface area (TPSA) is 37.3 Å². The number of rotatable bonds is 2. The molecule has 1 rings (SSSR count). The Balaban J connectivity index is 3.33. The molecule has 76 valence electrons. The van der Waals surface area contributed by atoms with Crippen LogP contribution in [0.3, 0.4) is 0 Å². The van der Waals surface area contributed by atoms with Crippen LogP contribution in [0.5, 0.6) is 0 Å². The molecule has 0 atom stereocenters. The van der Waals surface area contributed by atoms with Crippen LogP contribution in [0.25, 0.3) is 0 Å². The third kappa shape index (κ3) is 1.62. The quantitative estimate of drug-likeness (QED) is 0.789. The van der Waals surface area contributed by atoms with Gasteiger partial charge in [0.1, 0.15) is 5.82 Å². The average Bonchev–Trinajstić information content (AvgIpc) is 2.09. The molecule has 2 nitrogen and oxygen atoms in total. The van der Waals surface area contributed by atoms with Crippen molar-refractivity contribution in [2.45, 2.75) is 26.2 Å². The number of carbonyl (C=O) groups is 1. The Morgan fingerprint density at radius 2 is 2.00 bits per heavy atom. The van der Waals surface area contributed by atoms with Crippen molar-refractivity contribution in [1.82, 2.24) is 0 Å². The van der Waals surface area contributed by atoms with Crippen LogP contribution < -0.4 is 0 Å². The molecule has 0 aliphatic carbocycles. The maximum absolute atomic E-state index is 13.2. The van der Waals surface area contributed by atoms with E-state index in [9.17, 15) is 9.18 Å². The number of carboxylic acid groups (broad SMARTS) is 1. The molecule has 0 saturated heterocycles. The summed E-state index contributed by atoms with van der Waals surface area (Å²) in [5, 5.41) is 8.99. The Labute approximate surface area is 82.4 Å². The maximum Gasteiger partial charge on any atom is 0.313 e. The normalized spacial score (nSPS) is 11.4. The molecule has 0 aromatic heterocycles. The molecular formula is C11H13FO2. The molecule has 0 unspecified atom stereocenters. The van der Waals surface area contributed by atoms with Crippen molar-refractivity contribution < 1.29 is 14.3 Å². The first kappa shape index (κ1) is 10.7. The van der Waals surface area contributed by atoms with E-state index in [1.54, 1.807) is 26.8 Å². The van der Waals surface area contributed by atoms with E-state index >= 15 is 0 Å². The van der Waals surface area contributed by atoms with Gasteiger partial charge in [0.05, 0.1) is 5.41 Å². The number of hydrogen-bond donors (Lipinski definition) is 1. The van der Waals surface area contributed by atoms with Gasteiger partial charge < -0.3 is 5.11 Å². The first-order valence-electron chi connectivity index (χ1n) is 4.36. The number of benzene rings is 1. The highest BCUT2D eigenvalue weighted by atomic mass is 19.1. The molecule has 1 aromatic rings. The molecule has 0 radical (unpaired) electrons. The summed E-state index contributed by atoms with van der Waals surface area (Å²) in [7, 11) is 0. The summed E-state index contributed by atoms with van der Waals surface area (Å²) in [4.78, 5) is 11.0. The van der Waals surface area contributed by atoms with Crippen molar-refractivity contribution in [3.63, 3.8) is 0 Å². The minimum absolute atomic E-state index is 0.364. The van der Waals surface area contributed by atoms with Crippen LogP contribution in [0.15, 0.2) is 18.2 Å². The molecule has 0 amide bonds. The lowest BCUT2D eigenvalue weighted by Gasteiger charge is -2.21. The number of halogens is 1. The second kappa shape index (κ2) is 3.40. The molecule has 0 fully saturated rings. The van der Waals surface area contributed by atoms with Crippen molar-refractivity contribution in [2.24, 2.45) is 0 Å². The highest BCUT2D eigenvalue weighted by Gasteiger charge is 2.31. The van der Waals surface area contributed by atoms with Crippen molar-refractivity contribution in [3.05, 3.63) is 35.1 Å². The lowest BCUT2D eigenvalue weighted by molar-refractivity contribution is -0.142. The van der Waals surface area contributed by atoms with E-state index in [2.05, 4.69) is 0 Å². The van der Waals surface area contributed by atoms with Crippen LogP contribution in [0, 0.1) is 12.7 Å². The van der Waals surface area contributed by atoms with Crippen LogP contribution in [0.1, 0.15) is 25.0 Å². The van der Waals surface area contributed by atoms with E-state index in [0.717, 1.165) is 0 Å². The summed E-state index contributed by atoms with van der Waals surface area (Å²) in [5.74, 6) is -1.32. The van der Waals surface area contributed by atoms with Gasteiger partial charge >= 0.3 is 5.97 Å². The fourth-order valence-electron chi connectivity index (χ4n) is 1.40. The highest BCUT2D eigenvalue weighted by molar-refractivity contribution is 5.80. The Hall–Kier alpha value is -1.38. The Morgan fingerprint density at radius 1 is 1.43 bits per heavy atom. The Morgan fingerprint density at radius 3 is 2.50 bits per heavy atom. The molecule has 0 spiro atoms. The van der Waals surface area contributed by atoms with Gasteiger partial charge in [-0.15, -0.1) is 0 Å². The van der Waals surface area contributed by atoms with Crippen molar-refractivity contribution in [3.8, 4) is 0 Å². The average molecular weight is 196 g/mol. The van der Waals surface area contributed by atoms with Gasteiger partial charge in [0.15, 0.2) is 0 Å². The Bertz CT molecular complexity index is 370. The minimum Gasteiger partial charge on any atom is -0.481 e. The summed E-state index contributed by atoms with van der Waals surface area (Å²) >= 11 is 0. The SMILES string of the molecule is Cc1c(F)cccc1C(C)(C)C(=O)O. The van der Waals surface area contributed by atoms with Crippen LogP contribution in [-0.4, -0.2) is 11.1 Å². The zero-order chi connectivity index (χ0) is 10.9. The number of aliphatic carboxylic acids is 1. The molecule has 0 saturated carbocycles. The zero-order valence-corrected chi connectivity index (χ0v) is 8.47. The molecule has 0 aliphatic heterocycles. The van der Waals surface area contributed by atoms with Gasteiger partial charge in [-0.1, -0.05) is 12.1 Å².